The predicted octanol–water partition coefficient (Wildman–Crippen LogP) is 23.4. The van der Waals surface area contributed by atoms with Gasteiger partial charge in [0.05, 0.1) is 33.5 Å². The van der Waals surface area contributed by atoms with Gasteiger partial charge in [-0.3, -0.25) is 4.57 Å². The van der Waals surface area contributed by atoms with E-state index in [1.807, 2.05) is 6.20 Å². The highest BCUT2D eigenvalue weighted by molar-refractivity contribution is 6.11. The van der Waals surface area contributed by atoms with Gasteiger partial charge < -0.3 is 14.5 Å². The third-order valence-electron chi connectivity index (χ3n) is 19.5. The fraction of sp³-hybridized carbons (Fsp3) is 0.253. The summed E-state index contributed by atoms with van der Waals surface area (Å²) in [6.07, 6.45) is 1.97. The Morgan fingerprint density at radius 3 is 1.47 bits per heavy atom. The lowest BCUT2D eigenvalue weighted by molar-refractivity contribution is 0.481. The van der Waals surface area contributed by atoms with Crippen molar-refractivity contribution in [3.05, 3.63) is 287 Å². The first-order valence-corrected chi connectivity index (χ1v) is 32.9. The van der Waals surface area contributed by atoms with E-state index in [1.165, 1.54) is 94.5 Å². The van der Waals surface area contributed by atoms with Crippen LogP contribution < -0.4 is 14.5 Å². The number of rotatable bonds is 9. The van der Waals surface area contributed by atoms with Crippen molar-refractivity contribution in [2.45, 2.75) is 136 Å². The van der Waals surface area contributed by atoms with Crippen LogP contribution in [0.2, 0.25) is 0 Å². The van der Waals surface area contributed by atoms with Crippen molar-refractivity contribution in [2.24, 2.45) is 0 Å². The van der Waals surface area contributed by atoms with E-state index in [9.17, 15) is 0 Å². The molecule has 5 heteroatoms. The van der Waals surface area contributed by atoms with Gasteiger partial charge in [-0.1, -0.05) is 262 Å². The molecule has 12 aromatic rings. The Labute approximate surface area is 546 Å². The van der Waals surface area contributed by atoms with Crippen LogP contribution in [-0.4, -0.2) is 16.2 Å². The summed E-state index contributed by atoms with van der Waals surface area (Å²) < 4.78 is 10.1. The number of pyridine rings is 1. The van der Waals surface area contributed by atoms with Crippen molar-refractivity contribution < 1.29 is 4.74 Å². The lowest BCUT2D eigenvalue weighted by atomic mass is 9.65. The molecule has 0 atom stereocenters. The number of para-hydroxylation sites is 3. The molecule has 0 N–H and O–H groups in total. The molecule has 14 rings (SSSR count). The van der Waals surface area contributed by atoms with Gasteiger partial charge in [0.25, 0.3) is 0 Å². The molecule has 0 fully saturated rings. The first-order chi connectivity index (χ1) is 43.8. The molecule has 0 radical (unpaired) electrons. The Balaban J connectivity index is 1.05. The maximum absolute atomic E-state index is 7.69. The van der Waals surface area contributed by atoms with Crippen molar-refractivity contribution in [3.8, 4) is 50.7 Å². The second-order valence-corrected chi connectivity index (χ2v) is 31.0. The Morgan fingerprint density at radius 1 is 0.380 bits per heavy atom. The molecule has 1 aliphatic carbocycles. The summed E-state index contributed by atoms with van der Waals surface area (Å²) in [7, 11) is 0. The minimum Gasteiger partial charge on any atom is -0.457 e. The molecule has 3 heterocycles. The van der Waals surface area contributed by atoms with Gasteiger partial charge in [-0.2, -0.15) is 0 Å². The van der Waals surface area contributed by atoms with E-state index in [0.29, 0.717) is 6.67 Å². The molecular formula is C87H86N4O. The average Bonchev–Trinajstić information content (AvgIpc) is 1.49. The Kier molecular flexibility index (Phi) is 14.3. The molecule has 0 bridgehead atoms. The molecular weight excluding hydrogens is 1120 g/mol. The molecule has 0 unspecified atom stereocenters. The van der Waals surface area contributed by atoms with Crippen LogP contribution in [0.4, 0.5) is 22.7 Å². The Hall–Kier alpha value is -9.45. The number of ether oxygens (including phenoxy) is 1. The van der Waals surface area contributed by atoms with Gasteiger partial charge in [-0.15, -0.1) is 0 Å². The highest BCUT2D eigenvalue weighted by atomic mass is 16.5. The quantitative estimate of drug-likeness (QED) is 0.144. The second-order valence-electron chi connectivity index (χ2n) is 31.0. The van der Waals surface area contributed by atoms with Crippen LogP contribution >= 0.6 is 0 Å². The molecule has 1 aliphatic heterocycles. The lowest BCUT2D eigenvalue weighted by Crippen LogP contribution is -2.31. The molecule has 5 nitrogen and oxygen atoms in total. The molecule has 2 aliphatic rings. The summed E-state index contributed by atoms with van der Waals surface area (Å²) in [5.41, 5.74) is 23.7. The molecule has 0 saturated heterocycles. The standard InChI is InChI=1S/C87H86N4O/c1-82(2,3)58-43-44-88-79(52-58)91-78-54-65(41-42-69(78)70-35-28-38-75(81(70)91)86(13,14)15)92-66-49-63(87(62-46-59(83(4,5)6)45-60(47-62)84(7,8)9)73-36-24-22-33-67(73)68-34-23-25-37-74(68)87)48-64(53-66)89-55-90(77-40-27-26-39-76(77)89)80-71(56-29-18-16-19-30-56)50-61(85(10,11)12)51-72(80)57-31-20-17-21-32-57/h16-54H,55H2,1-15H3. The average molecular weight is 1200 g/mol. The normalized spacial score (nSPS) is 14.0. The van der Waals surface area contributed by atoms with Gasteiger partial charge in [0.15, 0.2) is 0 Å². The van der Waals surface area contributed by atoms with Crippen LogP contribution in [0.3, 0.4) is 0 Å². The van der Waals surface area contributed by atoms with Gasteiger partial charge >= 0.3 is 0 Å². The van der Waals surface area contributed by atoms with E-state index in [4.69, 9.17) is 9.72 Å². The van der Waals surface area contributed by atoms with E-state index >= 15 is 0 Å². The smallest absolute Gasteiger partial charge is 0.137 e. The highest BCUT2D eigenvalue weighted by Gasteiger charge is 2.48. The summed E-state index contributed by atoms with van der Waals surface area (Å²) in [4.78, 5) is 10.3. The summed E-state index contributed by atoms with van der Waals surface area (Å²) in [5, 5.41) is 2.34. The largest absolute Gasteiger partial charge is 0.457 e. The number of fused-ring (bicyclic) bond motifs is 7. The van der Waals surface area contributed by atoms with E-state index in [-0.39, 0.29) is 27.1 Å². The monoisotopic (exact) mass is 1200 g/mol. The molecule has 2 aromatic heterocycles. The van der Waals surface area contributed by atoms with Gasteiger partial charge in [0.1, 0.15) is 24.0 Å². The molecule has 0 amide bonds. The van der Waals surface area contributed by atoms with E-state index in [1.54, 1.807) is 0 Å². The minimum absolute atomic E-state index is 0.0848. The fourth-order valence-corrected chi connectivity index (χ4v) is 14.5. The zero-order chi connectivity index (χ0) is 64.4. The summed E-state index contributed by atoms with van der Waals surface area (Å²) >= 11 is 0. The van der Waals surface area contributed by atoms with Gasteiger partial charge in [-0.05, 0) is 160 Å². The van der Waals surface area contributed by atoms with Crippen LogP contribution in [0.15, 0.2) is 237 Å². The highest BCUT2D eigenvalue weighted by Crippen LogP contribution is 2.59. The second kappa shape index (κ2) is 21.9. The number of hydrogen-bond acceptors (Lipinski definition) is 4. The van der Waals surface area contributed by atoms with Crippen molar-refractivity contribution in [1.82, 2.24) is 9.55 Å². The van der Waals surface area contributed by atoms with Gasteiger partial charge in [0.2, 0.25) is 0 Å². The third kappa shape index (κ3) is 10.3. The first kappa shape index (κ1) is 60.1. The number of aromatic nitrogens is 2. The predicted molar refractivity (Wildman–Crippen MR) is 389 cm³/mol. The van der Waals surface area contributed by atoms with Crippen molar-refractivity contribution in [3.63, 3.8) is 0 Å². The topological polar surface area (TPSA) is 33.5 Å². The summed E-state index contributed by atoms with van der Waals surface area (Å²) in [6, 6.07) is 86.7. The SMILES string of the molecule is CC(C)(C)c1cc(C(C)(C)C)cc(C2(c3cc(Oc4ccc5c6cccc(C(C)(C)C)c6n(-c6cc(C(C)(C)C)ccn6)c5c4)cc(N4CN(c5c(-c6ccccc6)cc(C(C)(C)C)cc5-c5ccccc5)c5ccccc54)c3)c3ccccc3-c3ccccc32)c1. The molecule has 92 heavy (non-hydrogen) atoms. The van der Waals surface area contributed by atoms with E-state index in [0.717, 1.165) is 50.8 Å². The number of hydrogen-bond donors (Lipinski definition) is 0. The van der Waals surface area contributed by atoms with Crippen molar-refractivity contribution >= 4 is 44.6 Å². The van der Waals surface area contributed by atoms with E-state index < -0.39 is 5.41 Å². The van der Waals surface area contributed by atoms with Crippen LogP contribution in [0, 0.1) is 0 Å². The molecule has 0 saturated carbocycles. The fourth-order valence-electron chi connectivity index (χ4n) is 14.5. The number of nitrogens with zero attached hydrogens (tertiary/aromatic N) is 4. The van der Waals surface area contributed by atoms with Crippen molar-refractivity contribution in [1.29, 1.82) is 0 Å². The van der Waals surface area contributed by atoms with Crippen molar-refractivity contribution in [2.75, 3.05) is 16.5 Å². The van der Waals surface area contributed by atoms with Crippen LogP contribution in [-0.2, 0) is 32.5 Å². The zero-order valence-electron chi connectivity index (χ0n) is 56.4. The lowest BCUT2D eigenvalue weighted by Gasteiger charge is -2.37. The first-order valence-electron chi connectivity index (χ1n) is 32.9. The summed E-state index contributed by atoms with van der Waals surface area (Å²) in [6.45, 7) is 35.4. The van der Waals surface area contributed by atoms with Crippen LogP contribution in [0.25, 0.3) is 61.0 Å². The zero-order valence-corrected chi connectivity index (χ0v) is 56.4. The Bertz CT molecular complexity index is 4700. The third-order valence-corrected chi connectivity index (χ3v) is 19.5. The maximum Gasteiger partial charge on any atom is 0.137 e. The van der Waals surface area contributed by atoms with Gasteiger partial charge in [-0.25, -0.2) is 4.98 Å². The number of benzene rings is 10. The Morgan fingerprint density at radius 2 is 0.902 bits per heavy atom. The minimum atomic E-state index is -0.783. The van der Waals surface area contributed by atoms with Gasteiger partial charge in [0, 0.05) is 45.9 Å². The number of anilines is 4. The molecule has 10 aromatic carbocycles. The maximum atomic E-state index is 7.69. The molecule has 460 valence electrons. The van der Waals surface area contributed by atoms with Crippen LogP contribution in [0.1, 0.15) is 154 Å². The van der Waals surface area contributed by atoms with Crippen LogP contribution in [0.5, 0.6) is 11.5 Å². The summed E-state index contributed by atoms with van der Waals surface area (Å²) in [5.74, 6) is 2.37. The van der Waals surface area contributed by atoms with E-state index in [2.05, 4.69) is 349 Å². The molecule has 0 spiro atoms.